The molecule has 1 rings (SSSR count). The van der Waals surface area contributed by atoms with Gasteiger partial charge in [0.05, 0.1) is 0 Å². The van der Waals surface area contributed by atoms with E-state index >= 15 is 0 Å². The Hall–Kier alpha value is -1.59. The number of likely N-dealkylation sites (tertiary alicyclic amines) is 1. The highest BCUT2D eigenvalue weighted by Crippen LogP contribution is 2.25. The predicted octanol–water partition coefficient (Wildman–Crippen LogP) is 1.78. The first-order chi connectivity index (χ1) is 10.1. The number of carboxylic acids is 1. The highest BCUT2D eigenvalue weighted by molar-refractivity contribution is 5.88. The van der Waals surface area contributed by atoms with Crippen LogP contribution in [0, 0.1) is 5.41 Å². The van der Waals surface area contributed by atoms with E-state index in [0.717, 1.165) is 6.42 Å². The van der Waals surface area contributed by atoms with Crippen molar-refractivity contribution in [2.75, 3.05) is 6.54 Å². The molecule has 1 fully saturated rings. The number of carbonyl (C=O) groups excluding carboxylic acids is 2. The van der Waals surface area contributed by atoms with Gasteiger partial charge in [0.15, 0.2) is 0 Å². The maximum atomic E-state index is 12.3. The van der Waals surface area contributed by atoms with Crippen LogP contribution < -0.4 is 5.32 Å². The van der Waals surface area contributed by atoms with Crippen molar-refractivity contribution < 1.29 is 19.5 Å². The van der Waals surface area contributed by atoms with Crippen LogP contribution in [0.5, 0.6) is 0 Å². The molecule has 0 spiro atoms. The molecule has 2 N–H and O–H groups in total. The summed E-state index contributed by atoms with van der Waals surface area (Å²) < 4.78 is 0. The summed E-state index contributed by atoms with van der Waals surface area (Å²) in [7, 11) is 0. The molecule has 1 heterocycles. The largest absolute Gasteiger partial charge is 0.481 e. The van der Waals surface area contributed by atoms with E-state index in [-0.39, 0.29) is 29.7 Å². The molecule has 2 unspecified atom stereocenters. The minimum Gasteiger partial charge on any atom is -0.481 e. The molecule has 2 atom stereocenters. The fraction of sp³-hybridized carbons (Fsp3) is 0.812. The lowest BCUT2D eigenvalue weighted by molar-refractivity contribution is -0.140. The van der Waals surface area contributed by atoms with Crippen molar-refractivity contribution in [2.45, 2.75) is 71.9 Å². The summed E-state index contributed by atoms with van der Waals surface area (Å²) in [5.74, 6) is -1.02. The zero-order valence-electron chi connectivity index (χ0n) is 14.0. The van der Waals surface area contributed by atoms with E-state index in [4.69, 9.17) is 5.11 Å². The molecule has 126 valence electrons. The van der Waals surface area contributed by atoms with Crippen LogP contribution in [0.4, 0.5) is 0 Å². The van der Waals surface area contributed by atoms with E-state index in [1.165, 1.54) is 0 Å². The van der Waals surface area contributed by atoms with Crippen molar-refractivity contribution in [3.05, 3.63) is 0 Å². The fourth-order valence-electron chi connectivity index (χ4n) is 2.64. The molecule has 22 heavy (non-hydrogen) atoms. The maximum Gasteiger partial charge on any atom is 0.303 e. The quantitative estimate of drug-likeness (QED) is 0.783. The Bertz CT molecular complexity index is 428. The number of hydrogen-bond acceptors (Lipinski definition) is 3. The molecule has 1 aliphatic heterocycles. The summed E-state index contributed by atoms with van der Waals surface area (Å²) in [4.78, 5) is 36.9. The molecule has 0 saturated carbocycles. The lowest BCUT2D eigenvalue weighted by atomic mass is 9.91. The van der Waals surface area contributed by atoms with Gasteiger partial charge in [0.1, 0.15) is 6.04 Å². The van der Waals surface area contributed by atoms with Gasteiger partial charge in [0.25, 0.3) is 0 Å². The summed E-state index contributed by atoms with van der Waals surface area (Å²) >= 11 is 0. The molecule has 0 bridgehead atoms. The van der Waals surface area contributed by atoms with Gasteiger partial charge < -0.3 is 15.3 Å². The van der Waals surface area contributed by atoms with Gasteiger partial charge >= 0.3 is 5.97 Å². The van der Waals surface area contributed by atoms with Crippen LogP contribution >= 0.6 is 0 Å². The van der Waals surface area contributed by atoms with Gasteiger partial charge in [0.2, 0.25) is 11.8 Å². The van der Waals surface area contributed by atoms with Gasteiger partial charge in [-0.2, -0.15) is 0 Å². The van der Waals surface area contributed by atoms with E-state index < -0.39 is 12.0 Å². The monoisotopic (exact) mass is 312 g/mol. The van der Waals surface area contributed by atoms with Crippen molar-refractivity contribution in [1.82, 2.24) is 10.2 Å². The molecule has 0 radical (unpaired) electrons. The number of carboxylic acid groups (broad SMARTS) is 1. The van der Waals surface area contributed by atoms with Crippen molar-refractivity contribution in [3.63, 3.8) is 0 Å². The molecule has 1 aliphatic rings. The highest BCUT2D eigenvalue weighted by atomic mass is 16.4. The number of amides is 2. The summed E-state index contributed by atoms with van der Waals surface area (Å²) in [6.45, 7) is 8.42. The molecular weight excluding hydrogens is 284 g/mol. The summed E-state index contributed by atoms with van der Waals surface area (Å²) in [6.07, 6.45) is 2.35. The van der Waals surface area contributed by atoms with Crippen LogP contribution in [0.1, 0.15) is 59.8 Å². The van der Waals surface area contributed by atoms with Gasteiger partial charge in [0, 0.05) is 25.4 Å². The van der Waals surface area contributed by atoms with E-state index in [1.54, 1.807) is 11.8 Å². The zero-order valence-corrected chi connectivity index (χ0v) is 14.0. The zero-order chi connectivity index (χ0) is 16.9. The minimum atomic E-state index is -0.871. The topological polar surface area (TPSA) is 86.7 Å². The van der Waals surface area contributed by atoms with Crippen LogP contribution in [-0.2, 0) is 14.4 Å². The van der Waals surface area contributed by atoms with Crippen molar-refractivity contribution in [3.8, 4) is 0 Å². The van der Waals surface area contributed by atoms with E-state index in [2.05, 4.69) is 5.32 Å². The fourth-order valence-corrected chi connectivity index (χ4v) is 2.64. The Balaban J connectivity index is 2.56. The molecule has 6 nitrogen and oxygen atoms in total. The normalized spacial score (nSPS) is 19.8. The van der Waals surface area contributed by atoms with E-state index in [9.17, 15) is 14.4 Å². The second kappa shape index (κ2) is 7.61. The number of carbonyl (C=O) groups is 3. The first kappa shape index (κ1) is 18.5. The lowest BCUT2D eigenvalue weighted by Crippen LogP contribution is -2.48. The van der Waals surface area contributed by atoms with Gasteiger partial charge in [-0.05, 0) is 31.6 Å². The third-order valence-electron chi connectivity index (χ3n) is 3.74. The number of aliphatic carboxylic acids is 1. The Morgan fingerprint density at radius 1 is 1.32 bits per heavy atom. The smallest absolute Gasteiger partial charge is 0.303 e. The second-order valence-electron chi connectivity index (χ2n) is 7.32. The lowest BCUT2D eigenvalue weighted by Gasteiger charge is -2.28. The van der Waals surface area contributed by atoms with E-state index in [0.29, 0.717) is 25.8 Å². The van der Waals surface area contributed by atoms with Crippen molar-refractivity contribution in [1.29, 1.82) is 0 Å². The number of rotatable bonds is 6. The third kappa shape index (κ3) is 6.03. The Kier molecular flexibility index (Phi) is 6.38. The second-order valence-corrected chi connectivity index (χ2v) is 7.32. The Morgan fingerprint density at radius 2 is 1.95 bits per heavy atom. The van der Waals surface area contributed by atoms with Gasteiger partial charge in [-0.1, -0.05) is 20.8 Å². The third-order valence-corrected chi connectivity index (χ3v) is 3.74. The van der Waals surface area contributed by atoms with Crippen LogP contribution in [0.2, 0.25) is 0 Å². The maximum absolute atomic E-state index is 12.3. The minimum absolute atomic E-state index is 0.0170. The van der Waals surface area contributed by atoms with Crippen LogP contribution in [0.15, 0.2) is 0 Å². The standard InChI is InChI=1S/C16H28N2O4/c1-11(7-8-14(20)21)17-15(22)12-6-5-9-18(12)13(19)10-16(2,3)4/h11-12H,5-10H2,1-4H3,(H,17,22)(H,20,21). The summed E-state index contributed by atoms with van der Waals surface area (Å²) in [5.41, 5.74) is -0.102. The molecule has 1 saturated heterocycles. The van der Waals surface area contributed by atoms with Crippen molar-refractivity contribution in [2.24, 2.45) is 5.41 Å². The van der Waals surface area contributed by atoms with Crippen LogP contribution in [0.25, 0.3) is 0 Å². The van der Waals surface area contributed by atoms with Crippen LogP contribution in [0.3, 0.4) is 0 Å². The first-order valence-electron chi connectivity index (χ1n) is 7.92. The summed E-state index contributed by atoms with van der Waals surface area (Å²) in [5, 5.41) is 11.5. The molecule has 0 aromatic rings. The number of hydrogen-bond donors (Lipinski definition) is 2. The summed E-state index contributed by atoms with van der Waals surface area (Å²) in [6, 6.07) is -0.620. The van der Waals surface area contributed by atoms with Crippen molar-refractivity contribution >= 4 is 17.8 Å². The van der Waals surface area contributed by atoms with Gasteiger partial charge in [-0.3, -0.25) is 14.4 Å². The first-order valence-corrected chi connectivity index (χ1v) is 7.92. The van der Waals surface area contributed by atoms with Crippen LogP contribution in [-0.4, -0.2) is 46.4 Å². The Labute approximate surface area is 132 Å². The molecule has 0 aromatic carbocycles. The predicted molar refractivity (Wildman–Crippen MR) is 83.3 cm³/mol. The Morgan fingerprint density at radius 3 is 2.50 bits per heavy atom. The molecule has 2 amide bonds. The average molecular weight is 312 g/mol. The highest BCUT2D eigenvalue weighted by Gasteiger charge is 2.35. The average Bonchev–Trinajstić information content (AvgIpc) is 2.83. The molecular formula is C16H28N2O4. The SMILES string of the molecule is CC(CCC(=O)O)NC(=O)C1CCCN1C(=O)CC(C)(C)C. The molecule has 6 heteroatoms. The van der Waals surface area contributed by atoms with Gasteiger partial charge in [-0.25, -0.2) is 0 Å². The van der Waals surface area contributed by atoms with Gasteiger partial charge in [-0.15, -0.1) is 0 Å². The number of nitrogens with one attached hydrogen (secondary N) is 1. The molecule has 0 aromatic heterocycles. The molecule has 0 aliphatic carbocycles. The number of nitrogens with zero attached hydrogens (tertiary/aromatic N) is 1. The van der Waals surface area contributed by atoms with E-state index in [1.807, 2.05) is 20.8 Å².